The fourth-order valence-corrected chi connectivity index (χ4v) is 1.84. The van der Waals surface area contributed by atoms with Crippen molar-refractivity contribution in [3.63, 3.8) is 0 Å². The van der Waals surface area contributed by atoms with E-state index in [1.807, 2.05) is 0 Å². The van der Waals surface area contributed by atoms with Crippen LogP contribution >= 0.6 is 0 Å². The summed E-state index contributed by atoms with van der Waals surface area (Å²) in [5, 5.41) is 5.96. The largest absolute Gasteiger partial charge is 0.384 e. The van der Waals surface area contributed by atoms with Crippen LogP contribution in [0.1, 0.15) is 25.6 Å². The Bertz CT molecular complexity index is 420. The molecule has 1 aliphatic heterocycles. The molecular formula is C11H17N5O. The van der Waals surface area contributed by atoms with Crippen molar-refractivity contribution in [3.8, 4) is 0 Å². The number of aromatic nitrogens is 2. The van der Waals surface area contributed by atoms with Gasteiger partial charge in [-0.15, -0.1) is 0 Å². The van der Waals surface area contributed by atoms with Crippen LogP contribution in [0.3, 0.4) is 0 Å². The number of amides is 1. The minimum Gasteiger partial charge on any atom is -0.384 e. The standard InChI is InChI=1S/C11H17N5O/c1-2-3-9-15-8(12)5-10(16-9)14-7-4-11(17)13-6-7/h5,7H,2-4,6H2,1H3,(H,13,17)(H3,12,14,15,16). The number of anilines is 2. The van der Waals surface area contributed by atoms with Gasteiger partial charge in [-0.2, -0.15) is 0 Å². The van der Waals surface area contributed by atoms with Gasteiger partial charge in [0.1, 0.15) is 17.5 Å². The second-order valence-corrected chi connectivity index (χ2v) is 4.19. The van der Waals surface area contributed by atoms with Crippen LogP contribution in [0.2, 0.25) is 0 Å². The molecule has 0 radical (unpaired) electrons. The molecule has 0 spiro atoms. The Labute approximate surface area is 100 Å². The molecule has 6 heteroatoms. The second-order valence-electron chi connectivity index (χ2n) is 4.19. The highest BCUT2D eigenvalue weighted by Crippen LogP contribution is 2.13. The van der Waals surface area contributed by atoms with E-state index in [1.54, 1.807) is 6.07 Å². The van der Waals surface area contributed by atoms with Crippen molar-refractivity contribution in [2.75, 3.05) is 17.6 Å². The normalized spacial score (nSPS) is 19.1. The van der Waals surface area contributed by atoms with E-state index in [2.05, 4.69) is 27.5 Å². The highest BCUT2D eigenvalue weighted by Gasteiger charge is 2.21. The number of nitrogens with zero attached hydrogens (tertiary/aromatic N) is 2. The van der Waals surface area contributed by atoms with Crippen LogP contribution < -0.4 is 16.4 Å². The van der Waals surface area contributed by atoms with Crippen LogP contribution in [-0.4, -0.2) is 28.5 Å². The molecule has 1 aromatic rings. The SMILES string of the molecule is CCCc1nc(N)cc(NC2CNC(=O)C2)n1. The van der Waals surface area contributed by atoms with Crippen molar-refractivity contribution in [2.24, 2.45) is 0 Å². The molecule has 0 aliphatic carbocycles. The molecule has 2 rings (SSSR count). The molecule has 0 bridgehead atoms. The number of carbonyl (C=O) groups is 1. The Morgan fingerprint density at radius 1 is 1.59 bits per heavy atom. The van der Waals surface area contributed by atoms with Crippen molar-refractivity contribution < 1.29 is 4.79 Å². The van der Waals surface area contributed by atoms with Crippen LogP contribution in [0.5, 0.6) is 0 Å². The zero-order chi connectivity index (χ0) is 12.3. The van der Waals surface area contributed by atoms with Gasteiger partial charge in [0, 0.05) is 25.5 Å². The Hall–Kier alpha value is -1.85. The van der Waals surface area contributed by atoms with Crippen molar-refractivity contribution in [3.05, 3.63) is 11.9 Å². The first-order valence-corrected chi connectivity index (χ1v) is 5.84. The van der Waals surface area contributed by atoms with E-state index in [0.29, 0.717) is 24.6 Å². The number of carbonyl (C=O) groups excluding carboxylic acids is 1. The van der Waals surface area contributed by atoms with Gasteiger partial charge in [-0.25, -0.2) is 9.97 Å². The lowest BCUT2D eigenvalue weighted by atomic mass is 10.2. The van der Waals surface area contributed by atoms with Crippen molar-refractivity contribution in [2.45, 2.75) is 32.2 Å². The lowest BCUT2D eigenvalue weighted by molar-refractivity contribution is -0.119. The maximum Gasteiger partial charge on any atom is 0.222 e. The van der Waals surface area contributed by atoms with E-state index >= 15 is 0 Å². The molecule has 92 valence electrons. The lowest BCUT2D eigenvalue weighted by Crippen LogP contribution is -2.23. The summed E-state index contributed by atoms with van der Waals surface area (Å²) in [5.41, 5.74) is 5.72. The van der Waals surface area contributed by atoms with E-state index in [1.165, 1.54) is 0 Å². The molecule has 0 aromatic carbocycles. The van der Waals surface area contributed by atoms with Gasteiger partial charge in [0.25, 0.3) is 0 Å². The predicted octanol–water partition coefficient (Wildman–Crippen LogP) is 0.312. The quantitative estimate of drug-likeness (QED) is 0.698. The first kappa shape index (κ1) is 11.6. The number of hydrogen-bond acceptors (Lipinski definition) is 5. The van der Waals surface area contributed by atoms with Crippen molar-refractivity contribution in [1.82, 2.24) is 15.3 Å². The Morgan fingerprint density at radius 2 is 2.41 bits per heavy atom. The van der Waals surface area contributed by atoms with Gasteiger partial charge >= 0.3 is 0 Å². The van der Waals surface area contributed by atoms with Crippen molar-refractivity contribution in [1.29, 1.82) is 0 Å². The molecule has 0 saturated carbocycles. The fourth-order valence-electron chi connectivity index (χ4n) is 1.84. The summed E-state index contributed by atoms with van der Waals surface area (Å²) >= 11 is 0. The molecule has 1 aliphatic rings. The summed E-state index contributed by atoms with van der Waals surface area (Å²) in [5.74, 6) is 1.97. The van der Waals surface area contributed by atoms with Gasteiger partial charge in [0.05, 0.1) is 6.04 Å². The molecule has 6 nitrogen and oxygen atoms in total. The maximum atomic E-state index is 11.1. The topological polar surface area (TPSA) is 92.9 Å². The number of hydrogen-bond donors (Lipinski definition) is 3. The highest BCUT2D eigenvalue weighted by molar-refractivity contribution is 5.79. The molecule has 17 heavy (non-hydrogen) atoms. The zero-order valence-corrected chi connectivity index (χ0v) is 9.86. The summed E-state index contributed by atoms with van der Waals surface area (Å²) in [6, 6.07) is 1.79. The van der Waals surface area contributed by atoms with Crippen LogP contribution in [0.4, 0.5) is 11.6 Å². The summed E-state index contributed by atoms with van der Waals surface area (Å²) in [7, 11) is 0. The molecule has 1 atom stereocenters. The Kier molecular flexibility index (Phi) is 3.41. The summed E-state index contributed by atoms with van der Waals surface area (Å²) in [6.45, 7) is 2.70. The Morgan fingerprint density at radius 3 is 3.06 bits per heavy atom. The average molecular weight is 235 g/mol. The van der Waals surface area contributed by atoms with E-state index < -0.39 is 0 Å². The van der Waals surface area contributed by atoms with E-state index in [9.17, 15) is 4.79 Å². The van der Waals surface area contributed by atoms with Crippen LogP contribution in [0.25, 0.3) is 0 Å². The van der Waals surface area contributed by atoms with Gasteiger partial charge in [0.15, 0.2) is 0 Å². The minimum absolute atomic E-state index is 0.0679. The number of rotatable bonds is 4. The van der Waals surface area contributed by atoms with Gasteiger partial charge in [-0.05, 0) is 6.42 Å². The van der Waals surface area contributed by atoms with Crippen LogP contribution in [-0.2, 0) is 11.2 Å². The van der Waals surface area contributed by atoms with Crippen LogP contribution in [0, 0.1) is 0 Å². The molecule has 2 heterocycles. The third kappa shape index (κ3) is 3.05. The van der Waals surface area contributed by atoms with Crippen LogP contribution in [0.15, 0.2) is 6.07 Å². The van der Waals surface area contributed by atoms with Gasteiger partial charge in [0.2, 0.25) is 5.91 Å². The molecule has 1 fully saturated rings. The second kappa shape index (κ2) is 4.99. The molecule has 1 aromatic heterocycles. The molecule has 1 unspecified atom stereocenters. The zero-order valence-electron chi connectivity index (χ0n) is 9.86. The average Bonchev–Trinajstić information content (AvgIpc) is 2.63. The monoisotopic (exact) mass is 235 g/mol. The summed E-state index contributed by atoms with van der Waals surface area (Å²) < 4.78 is 0. The first-order valence-electron chi connectivity index (χ1n) is 5.84. The molecule has 1 amide bonds. The van der Waals surface area contributed by atoms with E-state index in [0.717, 1.165) is 18.7 Å². The number of aryl methyl sites for hydroxylation is 1. The molecule has 4 N–H and O–H groups in total. The summed E-state index contributed by atoms with van der Waals surface area (Å²) in [6.07, 6.45) is 2.26. The predicted molar refractivity (Wildman–Crippen MR) is 65.5 cm³/mol. The number of nitrogens with one attached hydrogen (secondary N) is 2. The summed E-state index contributed by atoms with van der Waals surface area (Å²) in [4.78, 5) is 19.6. The highest BCUT2D eigenvalue weighted by atomic mass is 16.1. The third-order valence-corrected chi connectivity index (χ3v) is 2.60. The van der Waals surface area contributed by atoms with Crippen molar-refractivity contribution >= 4 is 17.5 Å². The number of nitrogen functional groups attached to an aromatic ring is 1. The lowest BCUT2D eigenvalue weighted by Gasteiger charge is -2.12. The van der Waals surface area contributed by atoms with Gasteiger partial charge in [-0.3, -0.25) is 4.79 Å². The minimum atomic E-state index is 0.0679. The van der Waals surface area contributed by atoms with Gasteiger partial charge in [-0.1, -0.05) is 6.92 Å². The third-order valence-electron chi connectivity index (χ3n) is 2.60. The van der Waals surface area contributed by atoms with E-state index in [-0.39, 0.29) is 11.9 Å². The first-order chi connectivity index (χ1) is 8.17. The number of nitrogens with two attached hydrogens (primary N) is 1. The molecule has 1 saturated heterocycles. The van der Waals surface area contributed by atoms with E-state index in [4.69, 9.17) is 5.73 Å². The fraction of sp³-hybridized carbons (Fsp3) is 0.545. The maximum absolute atomic E-state index is 11.1. The molecular weight excluding hydrogens is 218 g/mol. The Balaban J connectivity index is 2.07. The van der Waals surface area contributed by atoms with Gasteiger partial charge < -0.3 is 16.4 Å². The smallest absolute Gasteiger partial charge is 0.222 e.